The van der Waals surface area contributed by atoms with Gasteiger partial charge < -0.3 is 15.0 Å². The van der Waals surface area contributed by atoms with Crippen LogP contribution in [-0.2, 0) is 16.9 Å². The van der Waals surface area contributed by atoms with Crippen LogP contribution >= 0.6 is 0 Å². The number of fused-ring (bicyclic) bond motifs is 2. The monoisotopic (exact) mass is 381 g/mol. The standard InChI is InChI=1S/C19H16FN5O3/c20-12-6-5-11-8-25(10-28-15(11)7-12)9-19(17(26)23-18(27)24-19)16-21-13-3-1-2-4-14(13)22-16/h1-7H,8-10H2,(H,21,22)(H2,23,24,26,27). The van der Waals surface area contributed by atoms with Gasteiger partial charge in [-0.2, -0.15) is 0 Å². The fourth-order valence-corrected chi connectivity index (χ4v) is 3.68. The molecule has 3 N–H and O–H groups in total. The predicted molar refractivity (Wildman–Crippen MR) is 96.8 cm³/mol. The predicted octanol–water partition coefficient (Wildman–Crippen LogP) is 1.59. The maximum absolute atomic E-state index is 13.4. The number of nitrogens with one attached hydrogen (secondary N) is 3. The maximum atomic E-state index is 13.4. The number of carbonyl (C=O) groups excluding carboxylic acids is 2. The number of halogens is 1. The van der Waals surface area contributed by atoms with E-state index in [0.29, 0.717) is 23.6 Å². The lowest BCUT2D eigenvalue weighted by Crippen LogP contribution is -2.54. The van der Waals surface area contributed by atoms with E-state index in [9.17, 15) is 14.0 Å². The molecule has 0 spiro atoms. The number of urea groups is 1. The molecule has 1 fully saturated rings. The van der Waals surface area contributed by atoms with Gasteiger partial charge in [-0.05, 0) is 18.2 Å². The quantitative estimate of drug-likeness (QED) is 0.599. The number of para-hydroxylation sites is 2. The molecule has 3 amide bonds. The molecule has 3 heterocycles. The molecule has 28 heavy (non-hydrogen) atoms. The van der Waals surface area contributed by atoms with Crippen LogP contribution in [0.1, 0.15) is 11.4 Å². The Morgan fingerprint density at radius 1 is 1.21 bits per heavy atom. The van der Waals surface area contributed by atoms with Gasteiger partial charge in [0.2, 0.25) is 0 Å². The summed E-state index contributed by atoms with van der Waals surface area (Å²) in [5, 5.41) is 5.02. The lowest BCUT2D eigenvalue weighted by Gasteiger charge is -2.34. The zero-order chi connectivity index (χ0) is 19.3. The van der Waals surface area contributed by atoms with E-state index in [1.165, 1.54) is 12.1 Å². The van der Waals surface area contributed by atoms with E-state index in [-0.39, 0.29) is 19.1 Å². The first-order valence-corrected chi connectivity index (χ1v) is 8.76. The van der Waals surface area contributed by atoms with Crippen LogP contribution < -0.4 is 15.4 Å². The van der Waals surface area contributed by atoms with Crippen LogP contribution in [0.15, 0.2) is 42.5 Å². The average Bonchev–Trinajstić information content (AvgIpc) is 3.23. The lowest BCUT2D eigenvalue weighted by atomic mass is 9.97. The molecule has 0 saturated carbocycles. The molecule has 3 aromatic rings. The van der Waals surface area contributed by atoms with E-state index in [1.807, 2.05) is 29.2 Å². The summed E-state index contributed by atoms with van der Waals surface area (Å²) in [6.07, 6.45) is 0. The number of hydrogen-bond acceptors (Lipinski definition) is 5. The van der Waals surface area contributed by atoms with Crippen LogP contribution in [0.5, 0.6) is 5.75 Å². The van der Waals surface area contributed by atoms with E-state index in [0.717, 1.165) is 11.1 Å². The van der Waals surface area contributed by atoms with Gasteiger partial charge in [0.05, 0.1) is 11.0 Å². The number of H-pyrrole nitrogens is 1. The molecule has 5 rings (SSSR count). The molecular formula is C19H16FN5O3. The number of imide groups is 1. The van der Waals surface area contributed by atoms with Gasteiger partial charge in [-0.3, -0.25) is 15.0 Å². The van der Waals surface area contributed by atoms with Crippen molar-refractivity contribution < 1.29 is 18.7 Å². The summed E-state index contributed by atoms with van der Waals surface area (Å²) in [4.78, 5) is 34.3. The molecule has 0 aliphatic carbocycles. The highest BCUT2D eigenvalue weighted by Gasteiger charge is 2.51. The SMILES string of the molecule is O=C1NC(=O)C(CN2COc3cc(F)ccc3C2)(c2nc3ccccc3[nH]2)N1. The number of ether oxygens (including phenoxy) is 1. The zero-order valence-electron chi connectivity index (χ0n) is 14.7. The molecule has 2 aromatic carbocycles. The van der Waals surface area contributed by atoms with Gasteiger partial charge in [0.1, 0.15) is 24.1 Å². The number of carbonyl (C=O) groups is 2. The van der Waals surface area contributed by atoms with Gasteiger partial charge in [0.15, 0.2) is 5.54 Å². The lowest BCUT2D eigenvalue weighted by molar-refractivity contribution is -0.125. The topological polar surface area (TPSA) is 99.3 Å². The van der Waals surface area contributed by atoms with Crippen molar-refractivity contribution in [2.45, 2.75) is 12.1 Å². The van der Waals surface area contributed by atoms with Crippen LogP contribution in [0, 0.1) is 5.82 Å². The number of aromatic nitrogens is 2. The highest BCUT2D eigenvalue weighted by Crippen LogP contribution is 2.30. The Kier molecular flexibility index (Phi) is 3.59. The molecule has 0 bridgehead atoms. The molecule has 1 saturated heterocycles. The minimum atomic E-state index is -1.38. The second-order valence-electron chi connectivity index (χ2n) is 6.93. The average molecular weight is 381 g/mol. The van der Waals surface area contributed by atoms with Gasteiger partial charge in [-0.15, -0.1) is 0 Å². The number of amides is 3. The molecule has 8 nitrogen and oxygen atoms in total. The van der Waals surface area contributed by atoms with Crippen molar-refractivity contribution in [3.05, 3.63) is 59.7 Å². The first kappa shape index (κ1) is 16.7. The van der Waals surface area contributed by atoms with Crippen LogP contribution in [0.25, 0.3) is 11.0 Å². The number of rotatable bonds is 3. The summed E-state index contributed by atoms with van der Waals surface area (Å²) in [6.45, 7) is 0.740. The molecule has 0 radical (unpaired) electrons. The largest absolute Gasteiger partial charge is 0.478 e. The zero-order valence-corrected chi connectivity index (χ0v) is 14.7. The third-order valence-electron chi connectivity index (χ3n) is 5.02. The summed E-state index contributed by atoms with van der Waals surface area (Å²) in [5.41, 5.74) is 0.886. The normalized spacial score (nSPS) is 21.9. The van der Waals surface area contributed by atoms with Crippen LogP contribution in [-0.4, -0.2) is 40.1 Å². The van der Waals surface area contributed by atoms with E-state index < -0.39 is 17.5 Å². The summed E-state index contributed by atoms with van der Waals surface area (Å²) < 4.78 is 19.0. The Labute approximate surface area is 158 Å². The van der Waals surface area contributed by atoms with E-state index in [2.05, 4.69) is 20.6 Å². The summed E-state index contributed by atoms with van der Waals surface area (Å²) in [6, 6.07) is 11.2. The molecule has 1 atom stereocenters. The van der Waals surface area contributed by atoms with E-state index >= 15 is 0 Å². The van der Waals surface area contributed by atoms with E-state index in [1.54, 1.807) is 6.07 Å². The molecular weight excluding hydrogens is 365 g/mol. The van der Waals surface area contributed by atoms with Crippen molar-refractivity contribution in [3.63, 3.8) is 0 Å². The number of benzene rings is 2. The Bertz CT molecular complexity index is 1080. The van der Waals surface area contributed by atoms with Gasteiger partial charge in [0.25, 0.3) is 5.91 Å². The van der Waals surface area contributed by atoms with Gasteiger partial charge in [-0.25, -0.2) is 14.2 Å². The molecule has 2 aliphatic heterocycles. The smallest absolute Gasteiger partial charge is 0.322 e. The van der Waals surface area contributed by atoms with Crippen molar-refractivity contribution >= 4 is 23.0 Å². The number of nitrogens with zero attached hydrogens (tertiary/aromatic N) is 2. The molecule has 9 heteroatoms. The highest BCUT2D eigenvalue weighted by atomic mass is 19.1. The Morgan fingerprint density at radius 2 is 2.07 bits per heavy atom. The van der Waals surface area contributed by atoms with Gasteiger partial charge >= 0.3 is 6.03 Å². The minimum Gasteiger partial charge on any atom is -0.478 e. The molecule has 142 valence electrons. The van der Waals surface area contributed by atoms with Crippen molar-refractivity contribution in [2.75, 3.05) is 13.3 Å². The van der Waals surface area contributed by atoms with Crippen molar-refractivity contribution in [1.29, 1.82) is 0 Å². The van der Waals surface area contributed by atoms with Crippen LogP contribution in [0.3, 0.4) is 0 Å². The van der Waals surface area contributed by atoms with Crippen LogP contribution in [0.2, 0.25) is 0 Å². The van der Waals surface area contributed by atoms with Crippen LogP contribution in [0.4, 0.5) is 9.18 Å². The molecule has 1 aromatic heterocycles. The Hall–Kier alpha value is -3.46. The van der Waals surface area contributed by atoms with Gasteiger partial charge in [-0.1, -0.05) is 18.2 Å². The first-order valence-electron chi connectivity index (χ1n) is 8.76. The summed E-state index contributed by atoms with van der Waals surface area (Å²) in [5.74, 6) is -0.0225. The fraction of sp³-hybridized carbons (Fsp3) is 0.211. The fourth-order valence-electron chi connectivity index (χ4n) is 3.68. The van der Waals surface area contributed by atoms with Crippen molar-refractivity contribution in [1.82, 2.24) is 25.5 Å². The molecule has 1 unspecified atom stereocenters. The van der Waals surface area contributed by atoms with Crippen molar-refractivity contribution in [3.8, 4) is 5.75 Å². The highest BCUT2D eigenvalue weighted by molar-refractivity contribution is 6.07. The Balaban J connectivity index is 1.51. The maximum Gasteiger partial charge on any atom is 0.322 e. The van der Waals surface area contributed by atoms with Crippen molar-refractivity contribution in [2.24, 2.45) is 0 Å². The number of hydrogen-bond donors (Lipinski definition) is 3. The first-order chi connectivity index (χ1) is 13.5. The second kappa shape index (κ2) is 6.03. The van der Waals surface area contributed by atoms with Gasteiger partial charge in [0, 0.05) is 24.7 Å². The number of aromatic amines is 1. The second-order valence-corrected chi connectivity index (χ2v) is 6.93. The minimum absolute atomic E-state index is 0.140. The summed E-state index contributed by atoms with van der Waals surface area (Å²) >= 11 is 0. The summed E-state index contributed by atoms with van der Waals surface area (Å²) in [7, 11) is 0. The number of imidazole rings is 1. The third-order valence-corrected chi connectivity index (χ3v) is 5.02. The molecule has 2 aliphatic rings. The van der Waals surface area contributed by atoms with E-state index in [4.69, 9.17) is 4.74 Å². The Morgan fingerprint density at radius 3 is 2.86 bits per heavy atom. The third kappa shape index (κ3) is 2.59.